The number of nitrogens with zero attached hydrogens (tertiary/aromatic N) is 2. The molecule has 0 spiro atoms. The fourth-order valence-corrected chi connectivity index (χ4v) is 2.05. The van der Waals surface area contributed by atoms with Crippen molar-refractivity contribution >= 4 is 17.0 Å². The molecule has 1 aromatic heterocycles. The first-order chi connectivity index (χ1) is 9.02. The van der Waals surface area contributed by atoms with Crippen molar-refractivity contribution in [1.82, 2.24) is 15.1 Å². The van der Waals surface area contributed by atoms with Crippen LogP contribution in [-0.4, -0.2) is 37.2 Å². The minimum atomic E-state index is -1.10. The van der Waals surface area contributed by atoms with Gasteiger partial charge in [-0.1, -0.05) is 0 Å². The lowest BCUT2D eigenvalue weighted by Gasteiger charge is -2.13. The molecule has 0 aliphatic heterocycles. The van der Waals surface area contributed by atoms with E-state index in [2.05, 4.69) is 10.4 Å². The fraction of sp³-hybridized carbons (Fsp3) is 0.333. The highest BCUT2D eigenvalue weighted by Crippen LogP contribution is 2.27. The van der Waals surface area contributed by atoms with Gasteiger partial charge in [0, 0.05) is 17.0 Å². The molecule has 7 heteroatoms. The molecule has 0 fully saturated rings. The molecule has 1 atom stereocenters. The number of carbonyl (C=O) groups is 1. The summed E-state index contributed by atoms with van der Waals surface area (Å²) in [4.78, 5) is 10.6. The largest absolute Gasteiger partial charge is 0.508 e. The second-order valence-electron chi connectivity index (χ2n) is 4.34. The van der Waals surface area contributed by atoms with Gasteiger partial charge in [0.15, 0.2) is 0 Å². The number of amides is 1. The zero-order chi connectivity index (χ0) is 14.0. The molecule has 0 saturated heterocycles. The Balaban J connectivity index is 2.38. The zero-order valence-corrected chi connectivity index (χ0v) is 10.4. The van der Waals surface area contributed by atoms with Crippen LogP contribution in [0.25, 0.3) is 10.9 Å². The Morgan fingerprint density at radius 3 is 2.89 bits per heavy atom. The van der Waals surface area contributed by atoms with Crippen LogP contribution < -0.4 is 5.32 Å². The van der Waals surface area contributed by atoms with Crippen molar-refractivity contribution in [3.8, 4) is 5.75 Å². The van der Waals surface area contributed by atoms with E-state index in [1.807, 2.05) is 0 Å². The molecule has 0 aliphatic carbocycles. The summed E-state index contributed by atoms with van der Waals surface area (Å²) < 4.78 is 1.57. The van der Waals surface area contributed by atoms with Crippen molar-refractivity contribution in [1.29, 1.82) is 0 Å². The number of aromatic hydroxyl groups is 1. The first-order valence-corrected chi connectivity index (χ1v) is 5.79. The minimum Gasteiger partial charge on any atom is -0.508 e. The van der Waals surface area contributed by atoms with E-state index in [0.29, 0.717) is 17.6 Å². The lowest BCUT2D eigenvalue weighted by atomic mass is 10.1. The Kier molecular flexibility index (Phi) is 3.57. The molecule has 2 rings (SSSR count). The molecule has 19 heavy (non-hydrogen) atoms. The topological polar surface area (TPSA) is 108 Å². The number of aliphatic hydroxyl groups is 1. The molecule has 0 bridgehead atoms. The van der Waals surface area contributed by atoms with E-state index in [4.69, 9.17) is 5.11 Å². The summed E-state index contributed by atoms with van der Waals surface area (Å²) >= 11 is 0. The van der Waals surface area contributed by atoms with Gasteiger partial charge < -0.3 is 20.6 Å². The van der Waals surface area contributed by atoms with Crippen LogP contribution in [0.2, 0.25) is 0 Å². The van der Waals surface area contributed by atoms with E-state index in [9.17, 15) is 15.0 Å². The monoisotopic (exact) mass is 265 g/mol. The number of phenols is 1. The van der Waals surface area contributed by atoms with Gasteiger partial charge in [0.1, 0.15) is 5.75 Å². The maximum absolute atomic E-state index is 10.6. The lowest BCUT2D eigenvalue weighted by molar-refractivity contribution is 0.189. The average Bonchev–Trinajstić information content (AvgIpc) is 2.71. The Morgan fingerprint density at radius 2 is 2.26 bits per heavy atom. The lowest BCUT2D eigenvalue weighted by Crippen LogP contribution is -2.34. The quantitative estimate of drug-likeness (QED) is 0.656. The summed E-state index contributed by atoms with van der Waals surface area (Å²) in [5.41, 5.74) is 0.999. The Morgan fingerprint density at radius 1 is 1.53 bits per heavy atom. The normalized spacial score (nSPS) is 12.5. The van der Waals surface area contributed by atoms with E-state index >= 15 is 0 Å². The average molecular weight is 265 g/mol. The molecule has 2 aromatic rings. The molecule has 0 saturated carbocycles. The van der Waals surface area contributed by atoms with Gasteiger partial charge >= 0.3 is 6.09 Å². The molecular weight excluding hydrogens is 250 g/mol. The summed E-state index contributed by atoms with van der Waals surface area (Å²) in [6.07, 6.45) is 0.510. The van der Waals surface area contributed by atoms with E-state index in [1.54, 1.807) is 23.9 Å². The standard InChI is InChI=1S/C12H15N3O4/c1-7(14-12(18)19)5-15-11-8(4-13-15)2-3-10(17)9(11)6-16/h2-4,7,14,16-17H,5-6H2,1H3,(H,18,19)/t7-/m0/s1. The number of carboxylic acid groups (broad SMARTS) is 1. The number of aliphatic hydroxyl groups excluding tert-OH is 1. The molecule has 1 aromatic carbocycles. The van der Waals surface area contributed by atoms with Gasteiger partial charge in [-0.05, 0) is 19.1 Å². The zero-order valence-electron chi connectivity index (χ0n) is 10.4. The summed E-state index contributed by atoms with van der Waals surface area (Å²) in [5, 5.41) is 35.0. The highest BCUT2D eigenvalue weighted by molar-refractivity contribution is 5.84. The highest BCUT2D eigenvalue weighted by Gasteiger charge is 2.14. The number of fused-ring (bicyclic) bond motifs is 1. The molecule has 1 heterocycles. The van der Waals surface area contributed by atoms with Gasteiger partial charge in [-0.25, -0.2) is 4.79 Å². The van der Waals surface area contributed by atoms with Crippen LogP contribution in [0.3, 0.4) is 0 Å². The summed E-state index contributed by atoms with van der Waals surface area (Å²) in [6, 6.07) is 2.86. The van der Waals surface area contributed by atoms with Gasteiger partial charge in [-0.15, -0.1) is 0 Å². The van der Waals surface area contributed by atoms with Crippen molar-refractivity contribution in [2.45, 2.75) is 26.1 Å². The maximum Gasteiger partial charge on any atom is 0.404 e. The van der Waals surface area contributed by atoms with E-state index in [0.717, 1.165) is 5.39 Å². The molecular formula is C12H15N3O4. The molecule has 0 aliphatic rings. The smallest absolute Gasteiger partial charge is 0.404 e. The third kappa shape index (κ3) is 2.60. The molecule has 7 nitrogen and oxygen atoms in total. The first-order valence-electron chi connectivity index (χ1n) is 5.79. The number of aromatic nitrogens is 2. The Bertz CT molecular complexity index is 608. The van der Waals surface area contributed by atoms with Gasteiger partial charge in [-0.2, -0.15) is 5.10 Å². The van der Waals surface area contributed by atoms with Crippen LogP contribution in [0.15, 0.2) is 18.3 Å². The summed E-state index contributed by atoms with van der Waals surface area (Å²) in [5.74, 6) is -0.00408. The third-order valence-corrected chi connectivity index (χ3v) is 2.86. The van der Waals surface area contributed by atoms with Crippen LogP contribution >= 0.6 is 0 Å². The van der Waals surface area contributed by atoms with Crippen molar-refractivity contribution in [2.24, 2.45) is 0 Å². The summed E-state index contributed by atoms with van der Waals surface area (Å²) in [7, 11) is 0. The van der Waals surface area contributed by atoms with Crippen LogP contribution in [0, 0.1) is 0 Å². The van der Waals surface area contributed by atoms with Crippen molar-refractivity contribution in [3.63, 3.8) is 0 Å². The van der Waals surface area contributed by atoms with Crippen molar-refractivity contribution < 1.29 is 20.1 Å². The minimum absolute atomic E-state index is 0.00408. The van der Waals surface area contributed by atoms with Gasteiger partial charge in [0.05, 0.1) is 24.9 Å². The van der Waals surface area contributed by atoms with Gasteiger partial charge in [0.25, 0.3) is 0 Å². The number of rotatable bonds is 4. The van der Waals surface area contributed by atoms with Crippen molar-refractivity contribution in [3.05, 3.63) is 23.9 Å². The molecule has 1 amide bonds. The molecule has 0 unspecified atom stereocenters. The van der Waals surface area contributed by atoms with E-state index in [1.165, 1.54) is 6.07 Å². The van der Waals surface area contributed by atoms with Crippen LogP contribution in [0.4, 0.5) is 4.79 Å². The van der Waals surface area contributed by atoms with E-state index in [-0.39, 0.29) is 18.4 Å². The second-order valence-corrected chi connectivity index (χ2v) is 4.34. The SMILES string of the molecule is C[C@@H](Cn1ncc2ccc(O)c(CO)c21)NC(=O)O. The van der Waals surface area contributed by atoms with Crippen molar-refractivity contribution in [2.75, 3.05) is 0 Å². The highest BCUT2D eigenvalue weighted by atomic mass is 16.4. The molecule has 4 N–H and O–H groups in total. The Hall–Kier alpha value is -2.28. The van der Waals surface area contributed by atoms with Crippen LogP contribution in [-0.2, 0) is 13.2 Å². The second kappa shape index (κ2) is 5.15. The number of nitrogens with one attached hydrogen (secondary N) is 1. The maximum atomic E-state index is 10.6. The number of hydrogen-bond donors (Lipinski definition) is 4. The van der Waals surface area contributed by atoms with E-state index < -0.39 is 6.09 Å². The predicted octanol–water partition coefficient (Wildman–Crippen LogP) is 0.890. The fourth-order valence-electron chi connectivity index (χ4n) is 2.05. The predicted molar refractivity (Wildman–Crippen MR) is 67.9 cm³/mol. The Labute approximate surface area is 109 Å². The third-order valence-electron chi connectivity index (χ3n) is 2.86. The van der Waals surface area contributed by atoms with Gasteiger partial charge in [0.2, 0.25) is 0 Å². The van der Waals surface area contributed by atoms with Crippen LogP contribution in [0.5, 0.6) is 5.75 Å². The van der Waals surface area contributed by atoms with Crippen LogP contribution in [0.1, 0.15) is 12.5 Å². The van der Waals surface area contributed by atoms with Gasteiger partial charge in [-0.3, -0.25) is 4.68 Å². The number of hydrogen-bond acceptors (Lipinski definition) is 4. The first kappa shape index (κ1) is 13.2. The molecule has 102 valence electrons. The number of benzene rings is 1. The molecule has 0 radical (unpaired) electrons. The summed E-state index contributed by atoms with van der Waals surface area (Å²) in [6.45, 7) is 1.71.